The van der Waals surface area contributed by atoms with E-state index in [2.05, 4.69) is 128 Å². The number of benzene rings is 3. The molecule has 0 unspecified atom stereocenters. The molecule has 0 saturated carbocycles. The molecule has 0 amide bonds. The predicted octanol–water partition coefficient (Wildman–Crippen LogP) is 10.2. The van der Waals surface area contributed by atoms with E-state index in [1.807, 2.05) is 18.2 Å². The number of nitrogens with zero attached hydrogens (tertiary/aromatic N) is 2. The number of anilines is 3. The lowest BCUT2D eigenvalue weighted by Crippen LogP contribution is -2.14. The SMILES string of the molecule is CC(C)(C)c1ccc(-c2ccc(N(c3ccc(C(C)(C)C)cc3)c3ccccn3)c(Cl)c2Br)cc1. The van der Waals surface area contributed by atoms with Crippen molar-refractivity contribution in [2.45, 2.75) is 52.4 Å². The highest BCUT2D eigenvalue weighted by Crippen LogP contribution is 2.45. The largest absolute Gasteiger partial charge is 0.294 e. The lowest BCUT2D eigenvalue weighted by Gasteiger charge is -2.27. The van der Waals surface area contributed by atoms with Gasteiger partial charge in [-0.2, -0.15) is 0 Å². The van der Waals surface area contributed by atoms with E-state index < -0.39 is 0 Å². The van der Waals surface area contributed by atoms with Gasteiger partial charge in [0.2, 0.25) is 0 Å². The van der Waals surface area contributed by atoms with Crippen LogP contribution in [-0.4, -0.2) is 4.98 Å². The average molecular weight is 548 g/mol. The molecule has 0 aliphatic heterocycles. The Bertz CT molecular complexity index is 1300. The summed E-state index contributed by atoms with van der Waals surface area (Å²) in [5.74, 6) is 0.812. The smallest absolute Gasteiger partial charge is 0.137 e. The molecule has 0 aliphatic carbocycles. The number of hydrogen-bond donors (Lipinski definition) is 0. The minimum Gasteiger partial charge on any atom is -0.294 e. The van der Waals surface area contributed by atoms with E-state index in [4.69, 9.17) is 11.6 Å². The van der Waals surface area contributed by atoms with E-state index >= 15 is 0 Å². The first kappa shape index (κ1) is 25.5. The highest BCUT2D eigenvalue weighted by atomic mass is 79.9. The maximum Gasteiger partial charge on any atom is 0.137 e. The molecule has 1 aromatic heterocycles. The van der Waals surface area contributed by atoms with Crippen LogP contribution in [-0.2, 0) is 10.8 Å². The van der Waals surface area contributed by atoms with Crippen molar-refractivity contribution in [1.82, 2.24) is 4.98 Å². The topological polar surface area (TPSA) is 16.1 Å². The third-order valence-electron chi connectivity index (χ3n) is 6.23. The van der Waals surface area contributed by atoms with Gasteiger partial charge in [-0.05, 0) is 79.3 Å². The summed E-state index contributed by atoms with van der Waals surface area (Å²) >= 11 is 10.8. The second-order valence-corrected chi connectivity index (χ2v) is 12.1. The van der Waals surface area contributed by atoms with Gasteiger partial charge in [0.05, 0.1) is 10.7 Å². The molecule has 0 bridgehead atoms. The number of pyridine rings is 1. The molecular formula is C31H32BrClN2. The van der Waals surface area contributed by atoms with Gasteiger partial charge in [0.1, 0.15) is 5.82 Å². The van der Waals surface area contributed by atoms with E-state index in [9.17, 15) is 0 Å². The molecule has 4 aromatic rings. The van der Waals surface area contributed by atoms with Crippen molar-refractivity contribution in [3.8, 4) is 11.1 Å². The van der Waals surface area contributed by atoms with E-state index in [-0.39, 0.29) is 10.8 Å². The molecule has 0 aliphatic rings. The normalized spacial score (nSPS) is 12.0. The molecule has 2 nitrogen and oxygen atoms in total. The Hall–Kier alpha value is -2.62. The van der Waals surface area contributed by atoms with Crippen molar-refractivity contribution in [3.05, 3.63) is 106 Å². The van der Waals surface area contributed by atoms with E-state index in [0.29, 0.717) is 5.02 Å². The van der Waals surface area contributed by atoms with Gasteiger partial charge in [0.25, 0.3) is 0 Å². The average Bonchev–Trinajstić information content (AvgIpc) is 2.82. The molecule has 0 radical (unpaired) electrons. The Morgan fingerprint density at radius 2 is 1.29 bits per heavy atom. The Balaban J connectivity index is 1.80. The van der Waals surface area contributed by atoms with Gasteiger partial charge < -0.3 is 0 Å². The molecule has 0 saturated heterocycles. The summed E-state index contributed by atoms with van der Waals surface area (Å²) in [5, 5.41) is 0.646. The minimum atomic E-state index is 0.0826. The third kappa shape index (κ3) is 5.47. The first-order valence-corrected chi connectivity index (χ1v) is 13.0. The Kier molecular flexibility index (Phi) is 7.13. The zero-order valence-electron chi connectivity index (χ0n) is 21.2. The van der Waals surface area contributed by atoms with Crippen molar-refractivity contribution in [2.75, 3.05) is 4.90 Å². The molecule has 3 aromatic carbocycles. The highest BCUT2D eigenvalue weighted by Gasteiger charge is 2.21. The molecule has 1 heterocycles. The van der Waals surface area contributed by atoms with Gasteiger partial charge in [0, 0.05) is 16.4 Å². The van der Waals surface area contributed by atoms with E-state index in [1.165, 1.54) is 11.1 Å². The van der Waals surface area contributed by atoms with Crippen LogP contribution in [0.4, 0.5) is 17.2 Å². The van der Waals surface area contributed by atoms with Crippen LogP contribution in [0.3, 0.4) is 0 Å². The van der Waals surface area contributed by atoms with Crippen molar-refractivity contribution in [2.24, 2.45) is 0 Å². The highest BCUT2D eigenvalue weighted by molar-refractivity contribution is 9.10. The van der Waals surface area contributed by atoms with Crippen LogP contribution in [0.5, 0.6) is 0 Å². The summed E-state index contributed by atoms with van der Waals surface area (Å²) in [7, 11) is 0. The first-order chi connectivity index (χ1) is 16.5. The summed E-state index contributed by atoms with van der Waals surface area (Å²) < 4.78 is 0.868. The Labute approximate surface area is 223 Å². The molecule has 0 spiro atoms. The fourth-order valence-electron chi connectivity index (χ4n) is 4.08. The third-order valence-corrected chi connectivity index (χ3v) is 7.67. The zero-order chi connectivity index (χ0) is 25.4. The summed E-state index contributed by atoms with van der Waals surface area (Å²) in [5.41, 5.74) is 6.84. The summed E-state index contributed by atoms with van der Waals surface area (Å²) in [6, 6.07) is 27.5. The maximum atomic E-state index is 7.03. The monoisotopic (exact) mass is 546 g/mol. The summed E-state index contributed by atoms with van der Waals surface area (Å²) in [6.45, 7) is 13.3. The van der Waals surface area contributed by atoms with Crippen LogP contribution in [0, 0.1) is 0 Å². The van der Waals surface area contributed by atoms with Crippen molar-refractivity contribution < 1.29 is 0 Å². The molecule has 180 valence electrons. The lowest BCUT2D eigenvalue weighted by molar-refractivity contribution is 0.590. The summed E-state index contributed by atoms with van der Waals surface area (Å²) in [6.07, 6.45) is 1.81. The van der Waals surface area contributed by atoms with Crippen molar-refractivity contribution in [3.63, 3.8) is 0 Å². The van der Waals surface area contributed by atoms with Gasteiger partial charge in [-0.3, -0.25) is 4.90 Å². The Morgan fingerprint density at radius 1 is 0.714 bits per heavy atom. The van der Waals surface area contributed by atoms with Gasteiger partial charge in [-0.15, -0.1) is 0 Å². The van der Waals surface area contributed by atoms with E-state index in [0.717, 1.165) is 32.8 Å². The van der Waals surface area contributed by atoms with Crippen molar-refractivity contribution in [1.29, 1.82) is 0 Å². The van der Waals surface area contributed by atoms with Gasteiger partial charge in [-0.25, -0.2) is 4.98 Å². The molecule has 35 heavy (non-hydrogen) atoms. The Morgan fingerprint density at radius 3 is 1.80 bits per heavy atom. The molecule has 4 rings (SSSR count). The van der Waals surface area contributed by atoms with Crippen LogP contribution in [0.15, 0.2) is 89.5 Å². The van der Waals surface area contributed by atoms with Crippen molar-refractivity contribution >= 4 is 44.7 Å². The van der Waals surface area contributed by atoms with Crippen LogP contribution in [0.2, 0.25) is 5.02 Å². The number of aromatic nitrogens is 1. The molecular weight excluding hydrogens is 516 g/mol. The van der Waals surface area contributed by atoms with Crippen LogP contribution >= 0.6 is 27.5 Å². The number of halogens is 2. The quantitative estimate of drug-likeness (QED) is 0.253. The second-order valence-electron chi connectivity index (χ2n) is 10.9. The second kappa shape index (κ2) is 9.79. The van der Waals surface area contributed by atoms with E-state index in [1.54, 1.807) is 6.20 Å². The lowest BCUT2D eigenvalue weighted by atomic mass is 9.86. The number of hydrogen-bond acceptors (Lipinski definition) is 2. The standard InChI is InChI=1S/C31H32BrClN2/c1-30(2,3)22-12-10-21(11-13-22)25-18-19-26(29(33)28(25)32)35(27-9-7-8-20-34-27)24-16-14-23(15-17-24)31(4,5)6/h7-20H,1-6H3. The van der Waals surface area contributed by atoms with Crippen LogP contribution in [0.25, 0.3) is 11.1 Å². The molecule has 0 atom stereocenters. The molecule has 4 heteroatoms. The van der Waals surface area contributed by atoms with Gasteiger partial charge >= 0.3 is 0 Å². The molecule has 0 fully saturated rings. The number of rotatable bonds is 4. The van der Waals surface area contributed by atoms with Crippen LogP contribution < -0.4 is 4.90 Å². The van der Waals surface area contributed by atoms with Crippen LogP contribution in [0.1, 0.15) is 52.7 Å². The van der Waals surface area contributed by atoms with Gasteiger partial charge in [-0.1, -0.05) is 102 Å². The fraction of sp³-hybridized carbons (Fsp3) is 0.258. The molecule has 0 N–H and O–H groups in total. The fourth-order valence-corrected chi connectivity index (χ4v) is 4.89. The summed E-state index contributed by atoms with van der Waals surface area (Å²) in [4.78, 5) is 6.74. The predicted molar refractivity (Wildman–Crippen MR) is 154 cm³/mol. The maximum absolute atomic E-state index is 7.03. The zero-order valence-corrected chi connectivity index (χ0v) is 23.6. The van der Waals surface area contributed by atoms with Gasteiger partial charge in [0.15, 0.2) is 0 Å². The minimum absolute atomic E-state index is 0.0826. The first-order valence-electron chi connectivity index (χ1n) is 11.9.